The standard InChI is InChI=1S/C44H79N19O15/c1-19(2)16-23(45)36(71)59-27(11-13-30(47)66)40(75)60-24(8-6-14-53-43(49)50)37(72)55-18-32(68)58-28(17-31(48)67)41(76)61-25(9-7-15-54-44(51)52)39(74)62-26(10-12-29(46)65)38(73)57-20(3)34(69)56-21(4)35(70)63-33(22(5)64)42(77)78/h19-28,33,64H,6-18,45H2,1-5H3,(H2,46,65)(H2,47,66)(H2,48,67)(H,55,72)(H,56,69)(H,57,73)(H,58,68)(H,59,71)(H,60,75)(H,61,76)(H,62,74)(H,63,70)(H,77,78)(H4,49,50,53)(H4,51,52,54)/t20-,21-,22+,23-,24-,25-,26-,27-,28-,33-/m0/s1. The second-order valence-corrected chi connectivity index (χ2v) is 18.4. The van der Waals surface area contributed by atoms with Crippen molar-refractivity contribution in [2.24, 2.45) is 61.8 Å². The minimum atomic E-state index is -1.83. The van der Waals surface area contributed by atoms with E-state index in [2.05, 4.69) is 57.8 Å². The Labute approximate surface area is 449 Å². The van der Waals surface area contributed by atoms with Crippen LogP contribution in [-0.4, -0.2) is 179 Å². The molecule has 0 aromatic rings. The maximum atomic E-state index is 13.9. The molecule has 34 heteroatoms. The smallest absolute Gasteiger partial charge is 0.328 e. The first-order chi connectivity index (χ1) is 36.2. The minimum Gasteiger partial charge on any atom is -0.480 e. The van der Waals surface area contributed by atoms with Crippen LogP contribution in [0.3, 0.4) is 0 Å². The fourth-order valence-corrected chi connectivity index (χ4v) is 6.76. The zero-order valence-corrected chi connectivity index (χ0v) is 44.3. The molecule has 0 fully saturated rings. The Morgan fingerprint density at radius 3 is 1.24 bits per heavy atom. The van der Waals surface area contributed by atoms with Crippen LogP contribution in [0.15, 0.2) is 9.98 Å². The number of carbonyl (C=O) groups is 13. The van der Waals surface area contributed by atoms with Crippen molar-refractivity contribution in [1.82, 2.24) is 47.9 Å². The molecule has 78 heavy (non-hydrogen) atoms. The van der Waals surface area contributed by atoms with E-state index in [1.54, 1.807) is 0 Å². The van der Waals surface area contributed by atoms with Gasteiger partial charge in [0, 0.05) is 25.9 Å². The maximum Gasteiger partial charge on any atom is 0.328 e. The van der Waals surface area contributed by atoms with Gasteiger partial charge in [-0.05, 0) is 71.6 Å². The highest BCUT2D eigenvalue weighted by Gasteiger charge is 2.34. The summed E-state index contributed by atoms with van der Waals surface area (Å²) in [6.07, 6.45) is -4.09. The highest BCUT2D eigenvalue weighted by Crippen LogP contribution is 2.09. The Morgan fingerprint density at radius 1 is 0.462 bits per heavy atom. The van der Waals surface area contributed by atoms with E-state index < -0.39 is 163 Å². The lowest BCUT2D eigenvalue weighted by atomic mass is 10.0. The zero-order chi connectivity index (χ0) is 60.0. The second-order valence-electron chi connectivity index (χ2n) is 18.4. The zero-order valence-electron chi connectivity index (χ0n) is 44.3. The van der Waals surface area contributed by atoms with Crippen molar-refractivity contribution in [1.29, 1.82) is 0 Å². The molecule has 0 bridgehead atoms. The number of nitrogens with zero attached hydrogens (tertiary/aromatic N) is 2. The van der Waals surface area contributed by atoms with Crippen molar-refractivity contribution in [2.75, 3.05) is 19.6 Å². The van der Waals surface area contributed by atoms with Crippen LogP contribution >= 0.6 is 0 Å². The number of carboxylic acid groups (broad SMARTS) is 1. The summed E-state index contributed by atoms with van der Waals surface area (Å²) in [6, 6.07) is -13.5. The van der Waals surface area contributed by atoms with Crippen LogP contribution < -0.4 is 93.7 Å². The van der Waals surface area contributed by atoms with Gasteiger partial charge in [-0.15, -0.1) is 0 Å². The van der Waals surface area contributed by atoms with Crippen molar-refractivity contribution in [2.45, 2.75) is 159 Å². The number of guanidine groups is 2. The number of amides is 12. The molecule has 0 aliphatic rings. The van der Waals surface area contributed by atoms with Crippen LogP contribution in [0.25, 0.3) is 0 Å². The molecule has 0 spiro atoms. The molecule has 34 nitrogen and oxygen atoms in total. The average Bonchev–Trinajstić information content (AvgIpc) is 3.32. The van der Waals surface area contributed by atoms with Gasteiger partial charge in [-0.25, -0.2) is 4.79 Å². The molecule has 0 aromatic carbocycles. The van der Waals surface area contributed by atoms with E-state index in [9.17, 15) is 72.5 Å². The van der Waals surface area contributed by atoms with Gasteiger partial charge in [0.25, 0.3) is 0 Å². The van der Waals surface area contributed by atoms with Gasteiger partial charge in [-0.1, -0.05) is 13.8 Å². The number of primary amides is 3. The quantitative estimate of drug-likeness (QED) is 0.0155. The second kappa shape index (κ2) is 35.8. The number of aliphatic imine (C=N–C) groups is 2. The topological polar surface area (TPSA) is 604 Å². The van der Waals surface area contributed by atoms with Gasteiger partial charge in [0.15, 0.2) is 18.0 Å². The molecule has 0 aromatic heterocycles. The van der Waals surface area contributed by atoms with Crippen molar-refractivity contribution in [3.05, 3.63) is 0 Å². The molecular weight excluding hydrogens is 1030 g/mol. The van der Waals surface area contributed by atoms with Gasteiger partial charge in [0.1, 0.15) is 42.3 Å². The predicted octanol–water partition coefficient (Wildman–Crippen LogP) is -9.63. The summed E-state index contributed by atoms with van der Waals surface area (Å²) < 4.78 is 0. The summed E-state index contributed by atoms with van der Waals surface area (Å²) in [5.74, 6) is -14.0. The van der Waals surface area contributed by atoms with E-state index >= 15 is 0 Å². The van der Waals surface area contributed by atoms with Crippen molar-refractivity contribution in [3.63, 3.8) is 0 Å². The first-order valence-corrected chi connectivity index (χ1v) is 24.6. The Bertz CT molecular complexity index is 2190. The Hall–Kier alpha value is -8.43. The molecule has 0 aliphatic carbocycles. The number of hydrogen-bond acceptors (Lipinski definition) is 17. The molecule has 0 radical (unpaired) electrons. The first kappa shape index (κ1) is 69.6. The first-order valence-electron chi connectivity index (χ1n) is 24.6. The summed E-state index contributed by atoms with van der Waals surface area (Å²) in [4.78, 5) is 175. The Morgan fingerprint density at radius 2 is 0.846 bits per heavy atom. The molecule has 0 rings (SSSR count). The molecular formula is C44H79N19O15. The fourth-order valence-electron chi connectivity index (χ4n) is 6.76. The van der Waals surface area contributed by atoms with Gasteiger partial charge in [0.2, 0.25) is 70.9 Å². The average molecular weight is 1110 g/mol. The number of nitrogens with one attached hydrogen (secondary N) is 9. The Balaban J connectivity index is 6.50. The van der Waals surface area contributed by atoms with E-state index in [0.717, 1.165) is 6.92 Å². The summed E-state index contributed by atoms with van der Waals surface area (Å²) in [5.41, 5.74) is 43.6. The lowest BCUT2D eigenvalue weighted by molar-refractivity contribution is -0.145. The van der Waals surface area contributed by atoms with Gasteiger partial charge in [-0.2, -0.15) is 0 Å². The summed E-state index contributed by atoms with van der Waals surface area (Å²) in [6.45, 7) is 6.10. The third kappa shape index (κ3) is 29.6. The number of nitrogens with two attached hydrogens (primary N) is 8. The van der Waals surface area contributed by atoms with E-state index in [-0.39, 0.29) is 75.9 Å². The highest BCUT2D eigenvalue weighted by atomic mass is 16.4. The number of aliphatic hydroxyl groups is 1. The van der Waals surface area contributed by atoms with E-state index in [1.807, 2.05) is 13.8 Å². The van der Waals surface area contributed by atoms with E-state index in [1.165, 1.54) is 13.8 Å². The van der Waals surface area contributed by atoms with Crippen LogP contribution in [0.2, 0.25) is 0 Å². The van der Waals surface area contributed by atoms with Crippen LogP contribution in [0.4, 0.5) is 0 Å². The van der Waals surface area contributed by atoms with Crippen LogP contribution in [0.1, 0.15) is 98.8 Å². The predicted molar refractivity (Wildman–Crippen MR) is 277 cm³/mol. The molecule has 0 unspecified atom stereocenters. The van der Waals surface area contributed by atoms with Crippen molar-refractivity contribution < 1.29 is 72.5 Å². The minimum absolute atomic E-state index is 0.00320. The van der Waals surface area contributed by atoms with Crippen LogP contribution in [-0.2, 0) is 62.3 Å². The monoisotopic (exact) mass is 1110 g/mol. The largest absolute Gasteiger partial charge is 0.480 e. The molecule has 0 heterocycles. The molecule has 27 N–H and O–H groups in total. The molecule has 12 amide bonds. The number of aliphatic hydroxyl groups excluding tert-OH is 1. The lowest BCUT2D eigenvalue weighted by Crippen LogP contribution is -2.59. The summed E-state index contributed by atoms with van der Waals surface area (Å²) in [7, 11) is 0. The van der Waals surface area contributed by atoms with Crippen LogP contribution in [0.5, 0.6) is 0 Å². The number of carboxylic acids is 1. The summed E-state index contributed by atoms with van der Waals surface area (Å²) in [5, 5.41) is 39.7. The van der Waals surface area contributed by atoms with Gasteiger partial charge in [0.05, 0.1) is 25.1 Å². The van der Waals surface area contributed by atoms with Crippen molar-refractivity contribution in [3.8, 4) is 0 Å². The van der Waals surface area contributed by atoms with Gasteiger partial charge >= 0.3 is 5.97 Å². The van der Waals surface area contributed by atoms with E-state index in [4.69, 9.17) is 45.9 Å². The highest BCUT2D eigenvalue weighted by molar-refractivity contribution is 5.99. The molecule has 10 atom stereocenters. The molecule has 440 valence electrons. The SMILES string of the molecule is CC(C)C[C@H](N)C(=O)N[C@@H](CCC(N)=O)C(=O)N[C@@H](CCCN=C(N)N)C(=O)NCC(=O)N[C@@H](CC(N)=O)C(=O)N[C@@H](CCCN=C(N)N)C(=O)N[C@@H](CCC(N)=O)C(=O)N[C@@H](C)C(=O)N[C@@H](C)C(=O)N[C@H](C(=O)O)[C@@H](C)O. The van der Waals surface area contributed by atoms with Gasteiger partial charge in [-0.3, -0.25) is 67.5 Å². The number of hydrogen-bond donors (Lipinski definition) is 19. The number of aliphatic carboxylic acids is 1. The molecule has 0 saturated heterocycles. The third-order valence-electron chi connectivity index (χ3n) is 10.9. The molecule has 0 saturated carbocycles. The number of rotatable bonds is 38. The third-order valence-corrected chi connectivity index (χ3v) is 10.9. The molecule has 0 aliphatic heterocycles. The summed E-state index contributed by atoms with van der Waals surface area (Å²) >= 11 is 0. The fraction of sp³-hybridized carbons (Fsp3) is 0.659. The Kier molecular flexibility index (Phi) is 31.9. The maximum absolute atomic E-state index is 13.9. The lowest BCUT2D eigenvalue weighted by Gasteiger charge is -2.26. The van der Waals surface area contributed by atoms with Crippen molar-refractivity contribution >= 4 is 88.8 Å². The van der Waals surface area contributed by atoms with Crippen LogP contribution in [0, 0.1) is 5.92 Å². The van der Waals surface area contributed by atoms with E-state index in [0.29, 0.717) is 0 Å². The van der Waals surface area contributed by atoms with Gasteiger partial charge < -0.3 is 104 Å². The normalized spacial score (nSPS) is 14.7. The number of carbonyl (C=O) groups excluding carboxylic acids is 12.